The highest BCUT2D eigenvalue weighted by atomic mass is 32.2. The summed E-state index contributed by atoms with van der Waals surface area (Å²) in [6, 6.07) is 1.84. The molecule has 2 amide bonds. The van der Waals surface area contributed by atoms with Gasteiger partial charge in [0.05, 0.1) is 0 Å². The number of thioether (sulfide) groups is 1. The van der Waals surface area contributed by atoms with E-state index in [0.717, 1.165) is 73.8 Å². The van der Waals surface area contributed by atoms with Crippen LogP contribution in [0.4, 0.5) is 0 Å². The van der Waals surface area contributed by atoms with Crippen molar-refractivity contribution in [3.63, 3.8) is 0 Å². The molecule has 5 aliphatic rings. The van der Waals surface area contributed by atoms with Crippen LogP contribution in [0, 0.1) is 34.5 Å². The van der Waals surface area contributed by atoms with Crippen molar-refractivity contribution in [1.29, 1.82) is 0 Å². The predicted octanol–water partition coefficient (Wildman–Crippen LogP) is 7.62. The normalized spacial score (nSPS) is 40.8. The summed E-state index contributed by atoms with van der Waals surface area (Å²) >= 11 is 1.88. The first-order chi connectivity index (χ1) is 20.5. The van der Waals surface area contributed by atoms with Gasteiger partial charge in [0.15, 0.2) is 11.5 Å². The van der Waals surface area contributed by atoms with Gasteiger partial charge in [-0.3, -0.25) is 9.59 Å². The first-order valence-corrected chi connectivity index (χ1v) is 17.3. The number of phenolic OH excluding ortho intramolecular Hbond substituents is 2. The number of amides is 2. The third kappa shape index (κ3) is 4.42. The molecule has 6 rings (SSSR count). The minimum Gasteiger partial charge on any atom is -0.504 e. The molecule has 0 aliphatic heterocycles. The predicted molar refractivity (Wildman–Crippen MR) is 177 cm³/mol. The molecule has 0 spiro atoms. The lowest BCUT2D eigenvalue weighted by molar-refractivity contribution is -0.166. The molecule has 8 atom stereocenters. The summed E-state index contributed by atoms with van der Waals surface area (Å²) in [5, 5.41) is 25.0. The van der Waals surface area contributed by atoms with Crippen molar-refractivity contribution < 1.29 is 19.8 Å². The van der Waals surface area contributed by atoms with E-state index in [-0.39, 0.29) is 55.5 Å². The number of primary amides is 1. The van der Waals surface area contributed by atoms with Gasteiger partial charge in [0, 0.05) is 34.0 Å². The van der Waals surface area contributed by atoms with Crippen LogP contribution in [0.1, 0.15) is 115 Å². The lowest BCUT2D eigenvalue weighted by Gasteiger charge is -2.70. The van der Waals surface area contributed by atoms with E-state index in [1.165, 1.54) is 12.5 Å². The van der Waals surface area contributed by atoms with Crippen LogP contribution in [0.3, 0.4) is 0 Å². The van der Waals surface area contributed by atoms with Crippen LogP contribution in [-0.2, 0) is 15.0 Å². The Hall–Kier alpha value is -2.67. The third-order valence-corrected chi connectivity index (χ3v) is 14.7. The number of carbonyl (C=O) groups is 2. The minimum atomic E-state index is -0.477. The second-order valence-electron chi connectivity index (χ2n) is 15.9. The average molecular weight is 619 g/mol. The number of nitrogens with two attached hydrogens (primary N) is 1. The standard InChI is InChI=1S/C37H50N2O4S/c1-21-30-25(18-26(41)31(21)42)35(5)15-17-37(7)29-20-34(4,32(38)43)13-12-33(29,3)14-16-36(37,6)28(35)19-27(30)44-24-10-8-23(9-11-24)39-22(2)40/h8-10,18-19,24,27,29,41-42H,11-17,20H2,1-7H3,(H2,38,43)(H,39,40)/t24?,27?,29-,33-,34-,35+,36-,37+/m1/s1. The van der Waals surface area contributed by atoms with Gasteiger partial charge in [-0.1, -0.05) is 58.4 Å². The Morgan fingerprint density at radius 1 is 1.02 bits per heavy atom. The number of fused-ring (bicyclic) bond motifs is 7. The molecule has 0 radical (unpaired) electrons. The molecule has 7 heteroatoms. The fourth-order valence-corrected chi connectivity index (χ4v) is 11.6. The quantitative estimate of drug-likeness (QED) is 0.205. The van der Waals surface area contributed by atoms with Crippen molar-refractivity contribution >= 4 is 23.6 Å². The zero-order valence-corrected chi connectivity index (χ0v) is 28.3. The molecular formula is C37H50N2O4S. The molecule has 238 valence electrons. The first kappa shape index (κ1) is 31.3. The molecule has 2 unspecified atom stereocenters. The number of hydrogen-bond donors (Lipinski definition) is 4. The van der Waals surface area contributed by atoms with Crippen LogP contribution in [0.5, 0.6) is 11.5 Å². The third-order valence-electron chi connectivity index (χ3n) is 13.4. The number of allylic oxidation sites excluding steroid dienone is 3. The summed E-state index contributed by atoms with van der Waals surface area (Å²) < 4.78 is 0. The number of rotatable bonds is 4. The van der Waals surface area contributed by atoms with Gasteiger partial charge in [0.1, 0.15) is 0 Å². The highest BCUT2D eigenvalue weighted by Crippen LogP contribution is 2.75. The van der Waals surface area contributed by atoms with Crippen molar-refractivity contribution in [3.05, 3.63) is 58.3 Å². The van der Waals surface area contributed by atoms with Gasteiger partial charge in [-0.15, -0.1) is 11.8 Å². The Morgan fingerprint density at radius 3 is 2.36 bits per heavy atom. The zero-order valence-electron chi connectivity index (χ0n) is 27.5. The Kier molecular flexibility index (Phi) is 7.24. The van der Waals surface area contributed by atoms with Gasteiger partial charge in [-0.05, 0) is 109 Å². The SMILES string of the molecule is CC(=O)NC1=CCC(SC2C=C3[C@@](C)(CC[C@@]4(C)[C@@H]5C[C@](C)(C(N)=O)CC[C@]5(C)CC[C@]34C)c3cc(O)c(O)c(C)c32)C=C1. The van der Waals surface area contributed by atoms with Crippen LogP contribution in [-0.4, -0.2) is 27.3 Å². The molecule has 1 aromatic rings. The Balaban J connectivity index is 1.45. The molecule has 0 aromatic heterocycles. The highest BCUT2D eigenvalue weighted by molar-refractivity contribution is 8.00. The van der Waals surface area contributed by atoms with Crippen molar-refractivity contribution in [2.45, 2.75) is 116 Å². The molecule has 44 heavy (non-hydrogen) atoms. The van der Waals surface area contributed by atoms with E-state index in [0.29, 0.717) is 5.92 Å². The van der Waals surface area contributed by atoms with Gasteiger partial charge in [0.25, 0.3) is 0 Å². The van der Waals surface area contributed by atoms with Crippen molar-refractivity contribution in [2.24, 2.45) is 33.3 Å². The smallest absolute Gasteiger partial charge is 0.223 e. The van der Waals surface area contributed by atoms with Crippen molar-refractivity contribution in [1.82, 2.24) is 5.32 Å². The summed E-state index contributed by atoms with van der Waals surface area (Å²) in [5.41, 5.74) is 10.7. The monoisotopic (exact) mass is 618 g/mol. The molecular weight excluding hydrogens is 568 g/mol. The highest BCUT2D eigenvalue weighted by Gasteiger charge is 2.67. The van der Waals surface area contributed by atoms with Crippen LogP contribution in [0.2, 0.25) is 0 Å². The van der Waals surface area contributed by atoms with E-state index >= 15 is 0 Å². The Morgan fingerprint density at radius 2 is 1.73 bits per heavy atom. The van der Waals surface area contributed by atoms with Crippen LogP contribution in [0.15, 0.2) is 41.6 Å². The number of phenols is 2. The van der Waals surface area contributed by atoms with Gasteiger partial charge >= 0.3 is 0 Å². The number of benzene rings is 1. The van der Waals surface area contributed by atoms with Crippen molar-refractivity contribution in [2.75, 3.05) is 0 Å². The van der Waals surface area contributed by atoms with Crippen LogP contribution in [0.25, 0.3) is 0 Å². The lowest BCUT2D eigenvalue weighted by atomic mass is 9.34. The molecule has 0 saturated heterocycles. The maximum Gasteiger partial charge on any atom is 0.223 e. The molecule has 5 N–H and O–H groups in total. The number of hydrogen-bond acceptors (Lipinski definition) is 5. The minimum absolute atomic E-state index is 0.000308. The van der Waals surface area contributed by atoms with Crippen LogP contribution < -0.4 is 11.1 Å². The van der Waals surface area contributed by atoms with Crippen LogP contribution >= 0.6 is 11.8 Å². The van der Waals surface area contributed by atoms with E-state index in [1.54, 1.807) is 0 Å². The number of aromatic hydroxyl groups is 2. The molecule has 3 fully saturated rings. The second kappa shape index (κ2) is 10.2. The zero-order chi connectivity index (χ0) is 32.0. The lowest BCUT2D eigenvalue weighted by Crippen LogP contribution is -2.63. The molecule has 5 aliphatic carbocycles. The van der Waals surface area contributed by atoms with Gasteiger partial charge in [-0.25, -0.2) is 0 Å². The topological polar surface area (TPSA) is 113 Å². The summed E-state index contributed by atoms with van der Waals surface area (Å²) in [5.74, 6) is 0.0588. The number of carbonyl (C=O) groups excluding carboxylic acids is 2. The summed E-state index contributed by atoms with van der Waals surface area (Å²) in [6.45, 7) is 15.3. The Labute approximate surface area is 267 Å². The van der Waals surface area contributed by atoms with Gasteiger partial charge in [-0.2, -0.15) is 0 Å². The number of nitrogens with one attached hydrogen (secondary N) is 1. The maximum atomic E-state index is 12.7. The molecule has 0 heterocycles. The van der Waals surface area contributed by atoms with Crippen molar-refractivity contribution in [3.8, 4) is 11.5 Å². The Bertz CT molecular complexity index is 1530. The largest absolute Gasteiger partial charge is 0.504 e. The van der Waals surface area contributed by atoms with E-state index < -0.39 is 5.41 Å². The molecule has 1 aromatic carbocycles. The van der Waals surface area contributed by atoms with E-state index in [2.05, 4.69) is 58.2 Å². The average Bonchev–Trinajstić information content (AvgIpc) is 2.96. The fraction of sp³-hybridized carbons (Fsp3) is 0.622. The summed E-state index contributed by atoms with van der Waals surface area (Å²) in [4.78, 5) is 24.3. The summed E-state index contributed by atoms with van der Waals surface area (Å²) in [7, 11) is 0. The van der Waals surface area contributed by atoms with Gasteiger partial charge < -0.3 is 21.3 Å². The first-order valence-electron chi connectivity index (χ1n) is 16.4. The second-order valence-corrected chi connectivity index (χ2v) is 17.2. The van der Waals surface area contributed by atoms with E-state index in [4.69, 9.17) is 5.73 Å². The molecule has 0 bridgehead atoms. The molecule has 3 saturated carbocycles. The van der Waals surface area contributed by atoms with E-state index in [9.17, 15) is 19.8 Å². The van der Waals surface area contributed by atoms with Gasteiger partial charge in [0.2, 0.25) is 11.8 Å². The summed E-state index contributed by atoms with van der Waals surface area (Å²) in [6.07, 6.45) is 16.5. The molecule has 6 nitrogen and oxygen atoms in total. The maximum absolute atomic E-state index is 12.7. The fourth-order valence-electron chi connectivity index (χ4n) is 10.2. The van der Waals surface area contributed by atoms with E-state index in [1.807, 2.05) is 30.8 Å².